The largest absolute Gasteiger partial charge is 0.269 e. The molecule has 2 heterocycles. The molecular weight excluding hydrogens is 202 g/mol. The molecule has 80 valence electrons. The highest BCUT2D eigenvalue weighted by Crippen LogP contribution is 2.16. The SMILES string of the molecule is CCCC1=c2c(=O)n(c3cccc2c3)C1=O. The van der Waals surface area contributed by atoms with Crippen molar-refractivity contribution in [1.29, 1.82) is 0 Å². The van der Waals surface area contributed by atoms with Gasteiger partial charge in [0.25, 0.3) is 11.5 Å². The lowest BCUT2D eigenvalue weighted by Gasteiger charge is -2.01. The fraction of sp³-hybridized carbons (Fsp3) is 0.231. The molecule has 0 aliphatic carbocycles. The first-order valence-electron chi connectivity index (χ1n) is 5.46. The van der Waals surface area contributed by atoms with Gasteiger partial charge in [0.1, 0.15) is 0 Å². The summed E-state index contributed by atoms with van der Waals surface area (Å²) in [6.07, 6.45) is 1.55. The Morgan fingerprint density at radius 3 is 2.81 bits per heavy atom. The van der Waals surface area contributed by atoms with E-state index in [9.17, 15) is 9.59 Å². The second-order valence-corrected chi connectivity index (χ2v) is 4.10. The number of aromatic nitrogens is 1. The van der Waals surface area contributed by atoms with Gasteiger partial charge in [0.15, 0.2) is 0 Å². The van der Waals surface area contributed by atoms with E-state index in [2.05, 4.69) is 0 Å². The van der Waals surface area contributed by atoms with Crippen LogP contribution in [0.25, 0.3) is 16.5 Å². The smallest absolute Gasteiger partial charge is 0.266 e. The van der Waals surface area contributed by atoms with Crippen molar-refractivity contribution in [3.63, 3.8) is 0 Å². The summed E-state index contributed by atoms with van der Waals surface area (Å²) in [7, 11) is 0. The second kappa shape index (κ2) is 3.04. The molecule has 3 rings (SSSR count). The van der Waals surface area contributed by atoms with Crippen LogP contribution in [0.4, 0.5) is 0 Å². The molecule has 0 radical (unpaired) electrons. The average Bonchev–Trinajstić information content (AvgIpc) is 2.47. The Morgan fingerprint density at radius 1 is 1.25 bits per heavy atom. The molecule has 0 saturated heterocycles. The molecule has 16 heavy (non-hydrogen) atoms. The third-order valence-electron chi connectivity index (χ3n) is 3.07. The molecule has 1 aromatic heterocycles. The van der Waals surface area contributed by atoms with Crippen LogP contribution < -0.4 is 10.8 Å². The second-order valence-electron chi connectivity index (χ2n) is 4.10. The molecule has 1 aliphatic heterocycles. The van der Waals surface area contributed by atoms with E-state index in [0.29, 0.717) is 22.7 Å². The summed E-state index contributed by atoms with van der Waals surface area (Å²) >= 11 is 0. The average molecular weight is 213 g/mol. The normalized spacial score (nSPS) is 14.1. The van der Waals surface area contributed by atoms with Crippen LogP contribution in [0.3, 0.4) is 0 Å². The summed E-state index contributed by atoms with van der Waals surface area (Å²) in [4.78, 5) is 24.1. The van der Waals surface area contributed by atoms with Crippen molar-refractivity contribution in [2.75, 3.05) is 0 Å². The molecular formula is C13H11NO2. The third-order valence-corrected chi connectivity index (χ3v) is 3.07. The molecule has 0 amide bonds. The Morgan fingerprint density at radius 2 is 2.06 bits per heavy atom. The fourth-order valence-electron chi connectivity index (χ4n) is 2.39. The van der Waals surface area contributed by atoms with Crippen molar-refractivity contribution in [3.05, 3.63) is 39.8 Å². The highest BCUT2D eigenvalue weighted by molar-refractivity contribution is 6.19. The minimum atomic E-state index is -0.151. The maximum atomic E-state index is 12.1. The zero-order valence-electron chi connectivity index (χ0n) is 8.99. The lowest BCUT2D eigenvalue weighted by atomic mass is 10.1. The van der Waals surface area contributed by atoms with E-state index in [1.165, 1.54) is 4.57 Å². The first kappa shape index (κ1) is 9.33. The summed E-state index contributed by atoms with van der Waals surface area (Å²) in [5, 5.41) is 1.49. The Balaban J connectivity index is 2.56. The van der Waals surface area contributed by atoms with E-state index < -0.39 is 0 Å². The van der Waals surface area contributed by atoms with Gasteiger partial charge in [-0.05, 0) is 23.9 Å². The highest BCUT2D eigenvalue weighted by atomic mass is 16.2. The summed E-state index contributed by atoms with van der Waals surface area (Å²) in [6.45, 7) is 2.01. The zero-order chi connectivity index (χ0) is 11.3. The van der Waals surface area contributed by atoms with E-state index in [1.807, 2.05) is 25.1 Å². The zero-order valence-corrected chi connectivity index (χ0v) is 8.99. The molecule has 2 aromatic rings. The van der Waals surface area contributed by atoms with Gasteiger partial charge in [0, 0.05) is 5.57 Å². The van der Waals surface area contributed by atoms with Gasteiger partial charge in [0.05, 0.1) is 10.7 Å². The van der Waals surface area contributed by atoms with Gasteiger partial charge in [-0.25, -0.2) is 4.57 Å². The Hall–Kier alpha value is -1.90. The molecule has 0 N–H and O–H groups in total. The number of benzene rings is 1. The van der Waals surface area contributed by atoms with Crippen molar-refractivity contribution in [1.82, 2.24) is 4.57 Å². The van der Waals surface area contributed by atoms with Gasteiger partial charge in [-0.2, -0.15) is 0 Å². The monoisotopic (exact) mass is 213 g/mol. The maximum Gasteiger partial charge on any atom is 0.266 e. The van der Waals surface area contributed by atoms with Crippen molar-refractivity contribution >= 4 is 22.4 Å². The van der Waals surface area contributed by atoms with Crippen LogP contribution in [0.5, 0.6) is 0 Å². The topological polar surface area (TPSA) is 39.1 Å². The van der Waals surface area contributed by atoms with Gasteiger partial charge >= 0.3 is 0 Å². The molecule has 0 atom stereocenters. The number of fused-ring (bicyclic) bond motifs is 6. The summed E-state index contributed by atoms with van der Waals surface area (Å²) in [5.74, 6) is -0.136. The predicted octanol–water partition coefficient (Wildman–Crippen LogP) is 1.32. The van der Waals surface area contributed by atoms with E-state index in [1.54, 1.807) is 6.07 Å². The first-order valence-corrected chi connectivity index (χ1v) is 5.46. The van der Waals surface area contributed by atoms with Crippen LogP contribution in [0, 0.1) is 0 Å². The van der Waals surface area contributed by atoms with Crippen molar-refractivity contribution < 1.29 is 4.79 Å². The van der Waals surface area contributed by atoms with Crippen LogP contribution >= 0.6 is 0 Å². The van der Waals surface area contributed by atoms with Crippen molar-refractivity contribution in [2.45, 2.75) is 19.8 Å². The van der Waals surface area contributed by atoms with Crippen LogP contribution in [0.1, 0.15) is 24.6 Å². The maximum absolute atomic E-state index is 12.1. The standard InChI is InChI=1S/C13H11NO2/c1-2-4-10-11-8-5-3-6-9(7-8)14(12(10)15)13(11)16/h3,5-7H,2,4H2,1H3. The predicted molar refractivity (Wildman–Crippen MR) is 62.4 cm³/mol. The summed E-state index contributed by atoms with van der Waals surface area (Å²) < 4.78 is 1.29. The van der Waals surface area contributed by atoms with Gasteiger partial charge in [-0.3, -0.25) is 9.59 Å². The van der Waals surface area contributed by atoms with Crippen LogP contribution in [0.15, 0.2) is 29.1 Å². The number of hydrogen-bond acceptors (Lipinski definition) is 2. The molecule has 0 unspecified atom stereocenters. The molecule has 4 bridgehead atoms. The molecule has 0 fully saturated rings. The van der Waals surface area contributed by atoms with Gasteiger partial charge in [-0.1, -0.05) is 25.5 Å². The minimum absolute atomic E-state index is 0.136. The summed E-state index contributed by atoms with van der Waals surface area (Å²) in [6, 6.07) is 7.47. The minimum Gasteiger partial charge on any atom is -0.269 e. The highest BCUT2D eigenvalue weighted by Gasteiger charge is 2.25. The number of hydrogen-bond donors (Lipinski definition) is 0. The molecule has 0 saturated carbocycles. The number of rotatable bonds is 2. The first-order chi connectivity index (χ1) is 7.74. The lowest BCUT2D eigenvalue weighted by Crippen LogP contribution is -2.29. The Bertz CT molecular complexity index is 709. The number of carbonyl (C=O) groups is 1. The summed E-state index contributed by atoms with van der Waals surface area (Å²) in [5.41, 5.74) is 1.22. The van der Waals surface area contributed by atoms with E-state index in [4.69, 9.17) is 0 Å². The van der Waals surface area contributed by atoms with Gasteiger partial charge in [-0.15, -0.1) is 0 Å². The van der Waals surface area contributed by atoms with Crippen molar-refractivity contribution in [3.8, 4) is 0 Å². The van der Waals surface area contributed by atoms with Crippen molar-refractivity contribution in [2.24, 2.45) is 0 Å². The molecule has 3 nitrogen and oxygen atoms in total. The molecule has 0 spiro atoms. The van der Waals surface area contributed by atoms with Gasteiger partial charge < -0.3 is 0 Å². The van der Waals surface area contributed by atoms with E-state index >= 15 is 0 Å². The Labute approximate surface area is 92.0 Å². The fourth-order valence-corrected chi connectivity index (χ4v) is 2.39. The quantitative estimate of drug-likeness (QED) is 0.754. The number of carbonyl (C=O) groups excluding carboxylic acids is 1. The lowest BCUT2D eigenvalue weighted by molar-refractivity contribution is 0.0982. The third kappa shape index (κ3) is 0.975. The van der Waals surface area contributed by atoms with Crippen LogP contribution in [-0.2, 0) is 0 Å². The van der Waals surface area contributed by atoms with Crippen LogP contribution in [-0.4, -0.2) is 10.5 Å². The molecule has 1 aliphatic rings. The van der Waals surface area contributed by atoms with E-state index in [0.717, 1.165) is 11.8 Å². The molecule has 1 aromatic carbocycles. The number of nitrogens with zero attached hydrogens (tertiary/aromatic N) is 1. The molecule has 3 heteroatoms. The van der Waals surface area contributed by atoms with Crippen LogP contribution in [0.2, 0.25) is 0 Å². The number of pyridine rings is 1. The van der Waals surface area contributed by atoms with Gasteiger partial charge in [0.2, 0.25) is 0 Å². The van der Waals surface area contributed by atoms with E-state index in [-0.39, 0.29) is 11.5 Å². The Kier molecular flexibility index (Phi) is 1.78.